The molecule has 0 aliphatic carbocycles. The van der Waals surface area contributed by atoms with Crippen molar-refractivity contribution < 1.29 is 0 Å². The van der Waals surface area contributed by atoms with Gasteiger partial charge in [-0.25, -0.2) is 4.98 Å². The van der Waals surface area contributed by atoms with Gasteiger partial charge in [0.2, 0.25) is 0 Å². The second-order valence-electron chi connectivity index (χ2n) is 3.06. The Morgan fingerprint density at radius 2 is 2.29 bits per heavy atom. The first-order valence-electron chi connectivity index (χ1n) is 4.02. The first-order chi connectivity index (χ1) is 6.58. The summed E-state index contributed by atoms with van der Waals surface area (Å²) in [6.45, 7) is 2.01. The fourth-order valence-electron chi connectivity index (χ4n) is 1.22. The number of hydrogen-bond donors (Lipinski definition) is 1. The van der Waals surface area contributed by atoms with E-state index >= 15 is 0 Å². The van der Waals surface area contributed by atoms with Crippen LogP contribution in [-0.2, 0) is 0 Å². The van der Waals surface area contributed by atoms with Gasteiger partial charge in [-0.3, -0.25) is 0 Å². The highest BCUT2D eigenvalue weighted by Crippen LogP contribution is 2.17. The van der Waals surface area contributed by atoms with Gasteiger partial charge >= 0.3 is 0 Å². The number of hydrogen-bond acceptors (Lipinski definition) is 2. The van der Waals surface area contributed by atoms with E-state index in [1.54, 1.807) is 0 Å². The molecule has 2 heterocycles. The molecule has 2 aromatic heterocycles. The first kappa shape index (κ1) is 9.61. The van der Waals surface area contributed by atoms with Crippen molar-refractivity contribution in [1.82, 2.24) is 9.38 Å². The van der Waals surface area contributed by atoms with E-state index in [0.29, 0.717) is 10.7 Å². The molecular formula is C9H8BrN3S. The number of pyridine rings is 1. The van der Waals surface area contributed by atoms with Crippen LogP contribution < -0.4 is 5.73 Å². The van der Waals surface area contributed by atoms with Gasteiger partial charge in [-0.1, -0.05) is 12.2 Å². The van der Waals surface area contributed by atoms with Crippen LogP contribution in [0.5, 0.6) is 0 Å². The van der Waals surface area contributed by atoms with E-state index in [9.17, 15) is 0 Å². The van der Waals surface area contributed by atoms with Gasteiger partial charge in [-0.05, 0) is 34.5 Å². The normalized spacial score (nSPS) is 10.7. The number of imidazole rings is 1. The van der Waals surface area contributed by atoms with Crippen LogP contribution in [0.3, 0.4) is 0 Å². The largest absolute Gasteiger partial charge is 0.388 e. The minimum Gasteiger partial charge on any atom is -0.388 e. The van der Waals surface area contributed by atoms with E-state index in [1.165, 1.54) is 0 Å². The van der Waals surface area contributed by atoms with Crippen LogP contribution in [0.1, 0.15) is 11.3 Å². The smallest absolute Gasteiger partial charge is 0.137 e. The SMILES string of the molecule is Cc1cc2nc(C(N)=S)cn2cc1Br. The third-order valence-corrected chi connectivity index (χ3v) is 3.03. The maximum atomic E-state index is 5.50. The molecule has 0 aliphatic rings. The van der Waals surface area contributed by atoms with Crippen molar-refractivity contribution in [2.24, 2.45) is 5.73 Å². The summed E-state index contributed by atoms with van der Waals surface area (Å²) in [5.74, 6) is 0. The minimum absolute atomic E-state index is 0.322. The van der Waals surface area contributed by atoms with Crippen molar-refractivity contribution in [2.45, 2.75) is 6.92 Å². The van der Waals surface area contributed by atoms with Crippen molar-refractivity contribution in [3.8, 4) is 0 Å². The Labute approximate surface area is 95.1 Å². The topological polar surface area (TPSA) is 43.3 Å². The lowest BCUT2D eigenvalue weighted by Gasteiger charge is -1.98. The van der Waals surface area contributed by atoms with Crippen molar-refractivity contribution >= 4 is 38.8 Å². The molecule has 0 fully saturated rings. The monoisotopic (exact) mass is 269 g/mol. The predicted molar refractivity (Wildman–Crippen MR) is 63.5 cm³/mol. The van der Waals surface area contributed by atoms with E-state index in [2.05, 4.69) is 20.9 Å². The van der Waals surface area contributed by atoms with Crippen LogP contribution in [0.25, 0.3) is 5.65 Å². The van der Waals surface area contributed by atoms with Crippen molar-refractivity contribution in [1.29, 1.82) is 0 Å². The molecule has 0 radical (unpaired) electrons. The maximum absolute atomic E-state index is 5.50. The number of halogens is 1. The standard InChI is InChI=1S/C9H8BrN3S/c1-5-2-8-12-7(9(11)14)4-13(8)3-6(5)10/h2-4H,1H3,(H2,11,14). The lowest BCUT2D eigenvalue weighted by atomic mass is 10.3. The minimum atomic E-state index is 0.322. The number of aromatic nitrogens is 2. The zero-order chi connectivity index (χ0) is 10.3. The number of nitrogens with zero attached hydrogens (tertiary/aromatic N) is 2. The van der Waals surface area contributed by atoms with Gasteiger partial charge in [0, 0.05) is 16.9 Å². The molecule has 72 valence electrons. The average Bonchev–Trinajstić information content (AvgIpc) is 2.48. The third-order valence-electron chi connectivity index (χ3n) is 1.99. The number of rotatable bonds is 1. The highest BCUT2D eigenvalue weighted by molar-refractivity contribution is 9.10. The Kier molecular flexibility index (Phi) is 2.28. The van der Waals surface area contributed by atoms with E-state index in [4.69, 9.17) is 18.0 Å². The molecule has 0 saturated carbocycles. The highest BCUT2D eigenvalue weighted by Gasteiger charge is 2.05. The number of fused-ring (bicyclic) bond motifs is 1. The summed E-state index contributed by atoms with van der Waals surface area (Å²) in [6, 6.07) is 1.98. The average molecular weight is 270 g/mol. The van der Waals surface area contributed by atoms with Crippen molar-refractivity contribution in [2.75, 3.05) is 0 Å². The zero-order valence-electron chi connectivity index (χ0n) is 7.49. The van der Waals surface area contributed by atoms with Gasteiger partial charge in [0.25, 0.3) is 0 Å². The van der Waals surface area contributed by atoms with Crippen LogP contribution in [-0.4, -0.2) is 14.4 Å². The van der Waals surface area contributed by atoms with Gasteiger partial charge in [-0.15, -0.1) is 0 Å². The summed E-state index contributed by atoms with van der Waals surface area (Å²) >= 11 is 8.31. The summed E-state index contributed by atoms with van der Waals surface area (Å²) in [4.78, 5) is 4.61. The van der Waals surface area contributed by atoms with Crippen molar-refractivity contribution in [3.63, 3.8) is 0 Å². The molecule has 0 unspecified atom stereocenters. The van der Waals surface area contributed by atoms with E-state index in [0.717, 1.165) is 15.7 Å². The van der Waals surface area contributed by atoms with Crippen LogP contribution in [0, 0.1) is 6.92 Å². The van der Waals surface area contributed by atoms with Gasteiger partial charge < -0.3 is 10.1 Å². The second kappa shape index (κ2) is 3.33. The molecule has 0 saturated heterocycles. The molecule has 14 heavy (non-hydrogen) atoms. The molecule has 3 nitrogen and oxygen atoms in total. The summed E-state index contributed by atoms with van der Waals surface area (Å²) in [7, 11) is 0. The van der Waals surface area contributed by atoms with Gasteiger partial charge in [0.15, 0.2) is 0 Å². The number of nitrogens with two attached hydrogens (primary N) is 1. The fraction of sp³-hybridized carbons (Fsp3) is 0.111. The Hall–Kier alpha value is -0.940. The second-order valence-corrected chi connectivity index (χ2v) is 4.35. The molecule has 2 aromatic rings. The fourth-order valence-corrected chi connectivity index (χ4v) is 1.66. The molecule has 2 N–H and O–H groups in total. The summed E-state index contributed by atoms with van der Waals surface area (Å²) in [5.41, 5.74) is 8.14. The molecule has 0 aliphatic heterocycles. The third kappa shape index (κ3) is 1.53. The van der Waals surface area contributed by atoms with E-state index in [1.807, 2.05) is 29.8 Å². The van der Waals surface area contributed by atoms with Crippen molar-refractivity contribution in [3.05, 3.63) is 34.2 Å². The molecule has 0 amide bonds. The van der Waals surface area contributed by atoms with E-state index in [-0.39, 0.29) is 0 Å². The molecule has 0 aromatic carbocycles. The van der Waals surface area contributed by atoms with Crippen LogP contribution >= 0.6 is 28.1 Å². The van der Waals surface area contributed by atoms with Crippen LogP contribution in [0.15, 0.2) is 22.9 Å². The lowest BCUT2D eigenvalue weighted by molar-refractivity contribution is 1.15. The predicted octanol–water partition coefficient (Wildman–Crippen LogP) is 2.04. The molecule has 2 rings (SSSR count). The molecule has 0 bridgehead atoms. The van der Waals surface area contributed by atoms with Gasteiger partial charge in [0.05, 0.1) is 0 Å². The Bertz CT molecular complexity index is 479. The Morgan fingerprint density at radius 3 is 2.93 bits per heavy atom. The quantitative estimate of drug-likeness (QED) is 0.806. The molecule has 0 spiro atoms. The highest BCUT2D eigenvalue weighted by atomic mass is 79.9. The summed E-state index contributed by atoms with van der Waals surface area (Å²) in [6.07, 6.45) is 3.77. The number of aryl methyl sites for hydroxylation is 1. The molecule has 0 atom stereocenters. The zero-order valence-corrected chi connectivity index (χ0v) is 9.89. The van der Waals surface area contributed by atoms with Gasteiger partial charge in [-0.2, -0.15) is 0 Å². The van der Waals surface area contributed by atoms with Crippen LogP contribution in [0.4, 0.5) is 0 Å². The first-order valence-corrected chi connectivity index (χ1v) is 5.22. The number of thiocarbonyl (C=S) groups is 1. The molecular weight excluding hydrogens is 262 g/mol. The lowest BCUT2D eigenvalue weighted by Crippen LogP contribution is -2.09. The van der Waals surface area contributed by atoms with Gasteiger partial charge in [0.1, 0.15) is 16.3 Å². The Balaban J connectivity index is 2.72. The Morgan fingerprint density at radius 1 is 1.57 bits per heavy atom. The molecule has 5 heteroatoms. The summed E-state index contributed by atoms with van der Waals surface area (Å²) < 4.78 is 2.93. The summed E-state index contributed by atoms with van der Waals surface area (Å²) in [5, 5.41) is 0. The van der Waals surface area contributed by atoms with Crippen LogP contribution in [0.2, 0.25) is 0 Å². The van der Waals surface area contributed by atoms with E-state index < -0.39 is 0 Å². The maximum Gasteiger partial charge on any atom is 0.137 e.